The first kappa shape index (κ1) is 14.2. The number of carbonyl (C=O) groups is 3. The molecule has 0 aliphatic carbocycles. The molecule has 6 heteroatoms. The summed E-state index contributed by atoms with van der Waals surface area (Å²) in [6, 6.07) is 0. The Morgan fingerprint density at radius 2 is 1.88 bits per heavy atom. The van der Waals surface area contributed by atoms with E-state index in [0.29, 0.717) is 0 Å². The predicted molar refractivity (Wildman–Crippen MR) is 53.7 cm³/mol. The molecule has 0 heterocycles. The van der Waals surface area contributed by atoms with Crippen molar-refractivity contribution in [2.75, 3.05) is 6.61 Å². The van der Waals surface area contributed by atoms with Crippen molar-refractivity contribution in [3.05, 3.63) is 12.7 Å². The summed E-state index contributed by atoms with van der Waals surface area (Å²) < 4.78 is 4.59. The van der Waals surface area contributed by atoms with Crippen LogP contribution in [0, 0.1) is 11.8 Å². The second-order valence-corrected chi connectivity index (χ2v) is 3.23. The van der Waals surface area contributed by atoms with Gasteiger partial charge in [0, 0.05) is 6.08 Å². The summed E-state index contributed by atoms with van der Waals surface area (Å²) in [7, 11) is 0. The van der Waals surface area contributed by atoms with E-state index in [2.05, 4.69) is 11.3 Å². The fourth-order valence-corrected chi connectivity index (χ4v) is 1.10. The van der Waals surface area contributed by atoms with Crippen molar-refractivity contribution in [1.82, 2.24) is 0 Å². The molecule has 0 aliphatic rings. The maximum absolute atomic E-state index is 10.8. The first-order valence-electron chi connectivity index (χ1n) is 4.65. The third-order valence-electron chi connectivity index (χ3n) is 2.15. The minimum absolute atomic E-state index is 0.0393. The molecule has 90 valence electrons. The van der Waals surface area contributed by atoms with Crippen LogP contribution in [0.3, 0.4) is 0 Å². The summed E-state index contributed by atoms with van der Waals surface area (Å²) in [5.74, 6) is -5.17. The van der Waals surface area contributed by atoms with Crippen LogP contribution in [0.5, 0.6) is 0 Å². The van der Waals surface area contributed by atoms with Crippen LogP contribution >= 0.6 is 0 Å². The van der Waals surface area contributed by atoms with E-state index in [1.807, 2.05) is 0 Å². The molecule has 0 aliphatic heterocycles. The number of carboxylic acid groups (broad SMARTS) is 2. The van der Waals surface area contributed by atoms with Gasteiger partial charge in [-0.15, -0.1) is 0 Å². The molecule has 2 N–H and O–H groups in total. The molecule has 0 bridgehead atoms. The molecule has 2 atom stereocenters. The highest BCUT2D eigenvalue weighted by Gasteiger charge is 2.29. The van der Waals surface area contributed by atoms with E-state index in [1.54, 1.807) is 0 Å². The van der Waals surface area contributed by atoms with Gasteiger partial charge in [0.05, 0.1) is 18.4 Å². The molecular formula is C10H14O6. The lowest BCUT2D eigenvalue weighted by Crippen LogP contribution is -2.29. The van der Waals surface area contributed by atoms with Crippen molar-refractivity contribution in [1.29, 1.82) is 0 Å². The fraction of sp³-hybridized carbons (Fsp3) is 0.500. The summed E-state index contributed by atoms with van der Waals surface area (Å²) in [6.45, 7) is 4.33. The van der Waals surface area contributed by atoms with Crippen LogP contribution in [-0.2, 0) is 19.1 Å². The van der Waals surface area contributed by atoms with Crippen LogP contribution in [0.4, 0.5) is 0 Å². The molecule has 0 aromatic heterocycles. The largest absolute Gasteiger partial charge is 0.481 e. The second kappa shape index (κ2) is 6.60. The van der Waals surface area contributed by atoms with Gasteiger partial charge >= 0.3 is 17.9 Å². The zero-order valence-electron chi connectivity index (χ0n) is 8.88. The van der Waals surface area contributed by atoms with Gasteiger partial charge in [-0.2, -0.15) is 0 Å². The summed E-state index contributed by atoms with van der Waals surface area (Å²) in [4.78, 5) is 32.0. The Hall–Kier alpha value is -1.85. The monoisotopic (exact) mass is 230 g/mol. The van der Waals surface area contributed by atoms with Gasteiger partial charge in [-0.3, -0.25) is 9.59 Å². The van der Waals surface area contributed by atoms with Crippen molar-refractivity contribution in [2.24, 2.45) is 11.8 Å². The number of carbonyl (C=O) groups excluding carboxylic acids is 1. The normalized spacial score (nSPS) is 13.6. The minimum atomic E-state index is -1.22. The van der Waals surface area contributed by atoms with Gasteiger partial charge in [0.25, 0.3) is 0 Å². The van der Waals surface area contributed by atoms with Gasteiger partial charge in [0.1, 0.15) is 0 Å². The van der Waals surface area contributed by atoms with Crippen molar-refractivity contribution in [2.45, 2.75) is 13.3 Å². The zero-order chi connectivity index (χ0) is 12.7. The number of rotatable bonds is 7. The first-order chi connectivity index (χ1) is 7.40. The Kier molecular flexibility index (Phi) is 5.84. The van der Waals surface area contributed by atoms with Crippen LogP contribution in [0.2, 0.25) is 0 Å². The number of carboxylic acids is 2. The van der Waals surface area contributed by atoms with E-state index in [1.165, 1.54) is 6.92 Å². The Bertz CT molecular complexity index is 296. The van der Waals surface area contributed by atoms with E-state index in [4.69, 9.17) is 10.2 Å². The van der Waals surface area contributed by atoms with Gasteiger partial charge in [0.2, 0.25) is 0 Å². The van der Waals surface area contributed by atoms with Gasteiger partial charge < -0.3 is 14.9 Å². The van der Waals surface area contributed by atoms with E-state index >= 15 is 0 Å². The number of hydrogen-bond donors (Lipinski definition) is 2. The van der Waals surface area contributed by atoms with Crippen LogP contribution < -0.4 is 0 Å². The minimum Gasteiger partial charge on any atom is -0.481 e. The van der Waals surface area contributed by atoms with E-state index < -0.39 is 29.7 Å². The van der Waals surface area contributed by atoms with Crippen LogP contribution in [0.25, 0.3) is 0 Å². The van der Waals surface area contributed by atoms with E-state index in [-0.39, 0.29) is 13.0 Å². The van der Waals surface area contributed by atoms with Crippen molar-refractivity contribution < 1.29 is 29.3 Å². The molecule has 6 nitrogen and oxygen atoms in total. The standard InChI is InChI=1S/C10H14O6/c1-3-8(11)16-5-4-7(10(14)15)6(2)9(12)13/h3,6-7H,1,4-5H2,2H3,(H,12,13)(H,14,15). The average Bonchev–Trinajstić information content (AvgIpc) is 2.22. The SMILES string of the molecule is C=CC(=O)OCCC(C(=O)O)C(C)C(=O)O. The molecule has 0 aromatic carbocycles. The maximum Gasteiger partial charge on any atom is 0.330 e. The average molecular weight is 230 g/mol. The highest BCUT2D eigenvalue weighted by atomic mass is 16.5. The van der Waals surface area contributed by atoms with E-state index in [0.717, 1.165) is 6.08 Å². The van der Waals surface area contributed by atoms with Crippen LogP contribution in [0.1, 0.15) is 13.3 Å². The van der Waals surface area contributed by atoms with Crippen LogP contribution in [0.15, 0.2) is 12.7 Å². The zero-order valence-corrected chi connectivity index (χ0v) is 8.88. The molecule has 0 saturated carbocycles. The van der Waals surface area contributed by atoms with Gasteiger partial charge in [-0.25, -0.2) is 4.79 Å². The Morgan fingerprint density at radius 3 is 2.25 bits per heavy atom. The Labute approximate surface area is 92.5 Å². The molecule has 2 unspecified atom stereocenters. The molecule has 16 heavy (non-hydrogen) atoms. The molecule has 0 fully saturated rings. The summed E-state index contributed by atoms with van der Waals surface area (Å²) >= 11 is 0. The Morgan fingerprint density at radius 1 is 1.31 bits per heavy atom. The maximum atomic E-state index is 10.8. The summed E-state index contributed by atoms with van der Waals surface area (Å²) in [5.41, 5.74) is 0. The highest BCUT2D eigenvalue weighted by molar-refractivity contribution is 5.81. The predicted octanol–water partition coefficient (Wildman–Crippen LogP) is 0.527. The first-order valence-corrected chi connectivity index (χ1v) is 4.65. The number of ether oxygens (including phenoxy) is 1. The van der Waals surface area contributed by atoms with Crippen molar-refractivity contribution >= 4 is 17.9 Å². The lowest BCUT2D eigenvalue weighted by Gasteiger charge is -2.15. The lowest BCUT2D eigenvalue weighted by atomic mass is 9.91. The number of hydrogen-bond acceptors (Lipinski definition) is 4. The van der Waals surface area contributed by atoms with E-state index in [9.17, 15) is 14.4 Å². The molecule has 0 saturated heterocycles. The fourth-order valence-electron chi connectivity index (χ4n) is 1.10. The van der Waals surface area contributed by atoms with Gasteiger partial charge in [0.15, 0.2) is 0 Å². The summed E-state index contributed by atoms with van der Waals surface area (Å²) in [5, 5.41) is 17.5. The molecular weight excluding hydrogens is 216 g/mol. The topological polar surface area (TPSA) is 101 Å². The molecule has 0 aromatic rings. The third kappa shape index (κ3) is 4.59. The molecule has 0 spiro atoms. The molecule has 0 radical (unpaired) electrons. The Balaban J connectivity index is 4.25. The van der Waals surface area contributed by atoms with Crippen LogP contribution in [-0.4, -0.2) is 34.7 Å². The molecule has 0 rings (SSSR count). The quantitative estimate of drug-likeness (QED) is 0.488. The highest BCUT2D eigenvalue weighted by Crippen LogP contribution is 2.16. The second-order valence-electron chi connectivity index (χ2n) is 3.23. The van der Waals surface area contributed by atoms with Gasteiger partial charge in [-0.05, 0) is 6.42 Å². The molecule has 0 amide bonds. The lowest BCUT2D eigenvalue weighted by molar-refractivity contribution is -0.154. The van der Waals surface area contributed by atoms with Crippen molar-refractivity contribution in [3.8, 4) is 0 Å². The smallest absolute Gasteiger partial charge is 0.330 e. The van der Waals surface area contributed by atoms with Crippen molar-refractivity contribution in [3.63, 3.8) is 0 Å². The summed E-state index contributed by atoms with van der Waals surface area (Å²) in [6.07, 6.45) is 0.915. The van der Waals surface area contributed by atoms with Gasteiger partial charge in [-0.1, -0.05) is 13.5 Å². The number of aliphatic carboxylic acids is 2. The third-order valence-corrected chi connectivity index (χ3v) is 2.15. The number of esters is 1.